The zero-order chi connectivity index (χ0) is 20.5. The lowest BCUT2D eigenvalue weighted by molar-refractivity contribution is -0.0911. The van der Waals surface area contributed by atoms with Crippen molar-refractivity contribution in [3.63, 3.8) is 0 Å². The molecule has 0 aliphatic carbocycles. The summed E-state index contributed by atoms with van der Waals surface area (Å²) in [7, 11) is 1.47. The molecule has 1 aromatic carbocycles. The molecule has 2 saturated heterocycles. The van der Waals surface area contributed by atoms with Crippen LogP contribution in [-0.4, -0.2) is 73.6 Å². The van der Waals surface area contributed by atoms with Crippen LogP contribution >= 0.6 is 0 Å². The van der Waals surface area contributed by atoms with Crippen LogP contribution in [0, 0.1) is 11.2 Å². The number of methoxy groups -OCH3 is 1. The van der Waals surface area contributed by atoms with Gasteiger partial charge in [-0.05, 0) is 32.9 Å². The molecule has 2 aliphatic heterocycles. The fraction of sp³-hybridized carbons (Fsp3) is 0.600. The van der Waals surface area contributed by atoms with Crippen molar-refractivity contribution in [2.24, 2.45) is 0 Å². The summed E-state index contributed by atoms with van der Waals surface area (Å²) < 4.78 is 30.8. The van der Waals surface area contributed by atoms with Crippen molar-refractivity contribution in [1.82, 2.24) is 9.80 Å². The number of rotatable bonds is 3. The van der Waals surface area contributed by atoms with Gasteiger partial charge in [-0.2, -0.15) is 0 Å². The Labute approximate surface area is 164 Å². The summed E-state index contributed by atoms with van der Waals surface area (Å²) in [5.74, 6) is -0.152. The molecule has 8 heteroatoms. The summed E-state index contributed by atoms with van der Waals surface area (Å²) in [5.41, 5.74) is 0.338. The molecule has 154 valence electrons. The van der Waals surface area contributed by atoms with Gasteiger partial charge in [-0.25, -0.2) is 9.18 Å². The Hall–Kier alpha value is -2.19. The average Bonchev–Trinajstić information content (AvgIpc) is 2.65. The number of fused-ring (bicyclic) bond motifs is 1. The number of carbonyl (C=O) groups is 1. The van der Waals surface area contributed by atoms with Crippen molar-refractivity contribution in [2.45, 2.75) is 38.5 Å². The van der Waals surface area contributed by atoms with Gasteiger partial charge in [0.25, 0.3) is 0 Å². The van der Waals surface area contributed by atoms with E-state index in [1.807, 2.05) is 20.8 Å². The molecule has 28 heavy (non-hydrogen) atoms. The van der Waals surface area contributed by atoms with E-state index >= 15 is 0 Å². The first-order chi connectivity index (χ1) is 13.2. The second kappa shape index (κ2) is 8.05. The Kier molecular flexibility index (Phi) is 5.90. The molecule has 0 bridgehead atoms. The Morgan fingerprint density at radius 2 is 2.07 bits per heavy atom. The SMILES string of the molecule is COc1c(C2CN3CCN(C(=O)OC(C)(C)C)CC3CO2)ccc(F)c1C=N. The van der Waals surface area contributed by atoms with E-state index < -0.39 is 11.4 Å². The first-order valence-electron chi connectivity index (χ1n) is 9.44. The molecule has 0 aromatic heterocycles. The van der Waals surface area contributed by atoms with E-state index in [-0.39, 0.29) is 23.8 Å². The van der Waals surface area contributed by atoms with E-state index in [1.54, 1.807) is 11.0 Å². The van der Waals surface area contributed by atoms with Gasteiger partial charge in [0.15, 0.2) is 0 Å². The van der Waals surface area contributed by atoms with Crippen LogP contribution in [0.15, 0.2) is 12.1 Å². The molecular weight excluding hydrogens is 365 g/mol. The Morgan fingerprint density at radius 1 is 1.32 bits per heavy atom. The maximum atomic E-state index is 14.0. The third kappa shape index (κ3) is 4.28. The van der Waals surface area contributed by atoms with Crippen LogP contribution in [0.4, 0.5) is 9.18 Å². The number of benzene rings is 1. The number of ether oxygens (including phenoxy) is 3. The molecule has 1 aromatic rings. The second-order valence-electron chi connectivity index (χ2n) is 8.12. The third-order valence-corrected chi connectivity index (χ3v) is 5.02. The smallest absolute Gasteiger partial charge is 0.410 e. The number of hydrogen-bond acceptors (Lipinski definition) is 6. The minimum Gasteiger partial charge on any atom is -0.496 e. The molecule has 7 nitrogen and oxygen atoms in total. The Balaban J connectivity index is 1.69. The quantitative estimate of drug-likeness (QED) is 0.800. The molecule has 2 heterocycles. The van der Waals surface area contributed by atoms with Crippen molar-refractivity contribution < 1.29 is 23.4 Å². The fourth-order valence-electron chi connectivity index (χ4n) is 3.67. The first kappa shape index (κ1) is 20.5. The van der Waals surface area contributed by atoms with Gasteiger partial charge in [-0.1, -0.05) is 0 Å². The summed E-state index contributed by atoms with van der Waals surface area (Å²) in [5, 5.41) is 7.47. The number of nitrogens with zero attached hydrogens (tertiary/aromatic N) is 2. The molecule has 1 N–H and O–H groups in total. The fourth-order valence-corrected chi connectivity index (χ4v) is 3.67. The Morgan fingerprint density at radius 3 is 2.71 bits per heavy atom. The molecule has 2 unspecified atom stereocenters. The van der Waals surface area contributed by atoms with Crippen LogP contribution in [0.1, 0.15) is 38.0 Å². The largest absolute Gasteiger partial charge is 0.496 e. The molecular formula is C20H28FN3O4. The van der Waals surface area contributed by atoms with Gasteiger partial charge >= 0.3 is 6.09 Å². The lowest BCUT2D eigenvalue weighted by Gasteiger charge is -2.46. The second-order valence-corrected chi connectivity index (χ2v) is 8.12. The summed E-state index contributed by atoms with van der Waals surface area (Å²) >= 11 is 0. The number of piperazine rings is 1. The predicted molar refractivity (Wildman–Crippen MR) is 103 cm³/mol. The van der Waals surface area contributed by atoms with Crippen LogP contribution in [0.2, 0.25) is 0 Å². The predicted octanol–water partition coefficient (Wildman–Crippen LogP) is 2.82. The van der Waals surface area contributed by atoms with Gasteiger partial charge in [0.05, 0.1) is 31.4 Å². The van der Waals surface area contributed by atoms with Crippen molar-refractivity contribution in [3.8, 4) is 5.75 Å². The molecule has 2 atom stereocenters. The van der Waals surface area contributed by atoms with Crippen molar-refractivity contribution in [3.05, 3.63) is 29.1 Å². The number of halogens is 1. The van der Waals surface area contributed by atoms with Crippen molar-refractivity contribution in [1.29, 1.82) is 5.41 Å². The monoisotopic (exact) mass is 393 g/mol. The van der Waals surface area contributed by atoms with Crippen LogP contribution in [0.3, 0.4) is 0 Å². The highest BCUT2D eigenvalue weighted by atomic mass is 19.1. The number of hydrogen-bond donors (Lipinski definition) is 1. The highest BCUT2D eigenvalue weighted by Gasteiger charge is 2.37. The van der Waals surface area contributed by atoms with E-state index in [9.17, 15) is 9.18 Å². The van der Waals surface area contributed by atoms with E-state index in [1.165, 1.54) is 13.2 Å². The van der Waals surface area contributed by atoms with Gasteiger partial charge in [0.2, 0.25) is 0 Å². The van der Waals surface area contributed by atoms with Crippen LogP contribution < -0.4 is 4.74 Å². The molecule has 2 fully saturated rings. The maximum absolute atomic E-state index is 14.0. The number of amides is 1. The number of nitrogens with one attached hydrogen (secondary N) is 1. The molecule has 1 amide bonds. The normalized spacial score (nSPS) is 23.1. The highest BCUT2D eigenvalue weighted by Crippen LogP contribution is 2.35. The minimum atomic E-state index is -0.520. The van der Waals surface area contributed by atoms with Crippen molar-refractivity contribution >= 4 is 12.3 Å². The van der Waals surface area contributed by atoms with Gasteiger partial charge in [-0.15, -0.1) is 0 Å². The van der Waals surface area contributed by atoms with Crippen LogP contribution in [-0.2, 0) is 9.47 Å². The van der Waals surface area contributed by atoms with Crippen LogP contribution in [0.25, 0.3) is 0 Å². The highest BCUT2D eigenvalue weighted by molar-refractivity contribution is 5.82. The minimum absolute atomic E-state index is 0.0890. The number of morpholine rings is 1. The molecule has 0 spiro atoms. The van der Waals surface area contributed by atoms with Gasteiger partial charge < -0.3 is 24.5 Å². The molecule has 3 rings (SSSR count). The average molecular weight is 393 g/mol. The summed E-state index contributed by atoms with van der Waals surface area (Å²) in [4.78, 5) is 16.3. The summed E-state index contributed by atoms with van der Waals surface area (Å²) in [6, 6.07) is 3.09. The summed E-state index contributed by atoms with van der Waals surface area (Å²) in [6.07, 6.45) is 0.381. The standard InChI is InChI=1S/C20H28FN3O4/c1-20(2,3)28-19(25)24-8-7-23-11-17(27-12-13(23)10-24)14-5-6-16(21)15(9-22)18(14)26-4/h5-6,9,13,17,22H,7-8,10-12H2,1-4H3. The third-order valence-electron chi connectivity index (χ3n) is 5.02. The zero-order valence-electron chi connectivity index (χ0n) is 16.8. The molecule has 0 radical (unpaired) electrons. The van der Waals surface area contributed by atoms with Crippen molar-refractivity contribution in [2.75, 3.05) is 39.9 Å². The van der Waals surface area contributed by atoms with E-state index in [0.717, 1.165) is 11.8 Å². The lowest BCUT2D eigenvalue weighted by atomic mass is 10.0. The van der Waals surface area contributed by atoms with Crippen LogP contribution in [0.5, 0.6) is 5.75 Å². The molecule has 2 aliphatic rings. The van der Waals surface area contributed by atoms with Gasteiger partial charge in [0, 0.05) is 38.0 Å². The Bertz CT molecular complexity index is 750. The number of carbonyl (C=O) groups excluding carboxylic acids is 1. The topological polar surface area (TPSA) is 75.1 Å². The van der Waals surface area contributed by atoms with E-state index in [2.05, 4.69) is 4.90 Å². The van der Waals surface area contributed by atoms with Gasteiger partial charge in [0.1, 0.15) is 17.2 Å². The van der Waals surface area contributed by atoms with E-state index in [0.29, 0.717) is 38.5 Å². The van der Waals surface area contributed by atoms with Gasteiger partial charge in [-0.3, -0.25) is 4.90 Å². The van der Waals surface area contributed by atoms with E-state index in [4.69, 9.17) is 19.6 Å². The lowest BCUT2D eigenvalue weighted by Crippen LogP contribution is -2.60. The maximum Gasteiger partial charge on any atom is 0.410 e. The molecule has 0 saturated carbocycles. The first-order valence-corrected chi connectivity index (χ1v) is 9.44. The zero-order valence-corrected chi connectivity index (χ0v) is 16.8. The summed E-state index contributed by atoms with van der Waals surface area (Å²) in [6.45, 7) is 8.48.